The van der Waals surface area contributed by atoms with E-state index in [1.807, 2.05) is 13.8 Å². The lowest BCUT2D eigenvalue weighted by atomic mass is 10.1. The molecule has 0 spiro atoms. The molecule has 0 radical (unpaired) electrons. The number of nitrogens with one attached hydrogen (secondary N) is 1. The van der Waals surface area contributed by atoms with Crippen LogP contribution in [0.1, 0.15) is 31.2 Å². The minimum Gasteiger partial charge on any atom is -0.281 e. The van der Waals surface area contributed by atoms with Gasteiger partial charge in [-0.1, -0.05) is 13.8 Å². The van der Waals surface area contributed by atoms with Gasteiger partial charge in [0.25, 0.3) is 9.05 Å². The van der Waals surface area contributed by atoms with Gasteiger partial charge in [0.2, 0.25) is 0 Å². The van der Waals surface area contributed by atoms with Gasteiger partial charge in [-0.05, 0) is 12.8 Å². The van der Waals surface area contributed by atoms with Crippen molar-refractivity contribution in [2.75, 3.05) is 0 Å². The lowest BCUT2D eigenvalue weighted by Gasteiger charge is -2.02. The highest BCUT2D eigenvalue weighted by Gasteiger charge is 2.23. The normalized spacial score (nSPS) is 12.4. The first-order valence-electron chi connectivity index (χ1n) is 3.83. The number of hydrogen-bond acceptors (Lipinski definition) is 3. The lowest BCUT2D eigenvalue weighted by molar-refractivity contribution is 0.606. The van der Waals surface area contributed by atoms with E-state index in [1.165, 1.54) is 0 Å². The van der Waals surface area contributed by atoms with Gasteiger partial charge in [0.15, 0.2) is 0 Å². The summed E-state index contributed by atoms with van der Waals surface area (Å²) in [6.45, 7) is 5.36. The molecule has 0 amide bonds. The fourth-order valence-electron chi connectivity index (χ4n) is 1.14. The summed E-state index contributed by atoms with van der Waals surface area (Å²) in [6, 6.07) is 0. The van der Waals surface area contributed by atoms with Crippen molar-refractivity contribution in [3.63, 3.8) is 0 Å². The minimum atomic E-state index is -3.69. The Morgan fingerprint density at radius 2 is 2.00 bits per heavy atom. The van der Waals surface area contributed by atoms with Gasteiger partial charge in [0, 0.05) is 10.7 Å². The van der Waals surface area contributed by atoms with Crippen molar-refractivity contribution < 1.29 is 8.42 Å². The standard InChI is InChI=1S/C7H11ClN2O2S/c1-4(2)6-7(13(8,11)12)5(3)9-10-6/h4H,1-3H3,(H,9,10). The van der Waals surface area contributed by atoms with Crippen LogP contribution in [0.25, 0.3) is 0 Å². The van der Waals surface area contributed by atoms with E-state index in [0.29, 0.717) is 11.4 Å². The van der Waals surface area contributed by atoms with Crippen molar-refractivity contribution in [3.8, 4) is 0 Å². The predicted molar refractivity (Wildman–Crippen MR) is 50.5 cm³/mol. The Labute approximate surface area is 81.7 Å². The van der Waals surface area contributed by atoms with Crippen molar-refractivity contribution in [3.05, 3.63) is 11.4 Å². The monoisotopic (exact) mass is 222 g/mol. The summed E-state index contributed by atoms with van der Waals surface area (Å²) in [5.74, 6) is 0.0356. The molecule has 0 aliphatic heterocycles. The number of aromatic nitrogens is 2. The number of rotatable bonds is 2. The van der Waals surface area contributed by atoms with Crippen LogP contribution in [0.3, 0.4) is 0 Å². The molecule has 1 rings (SSSR count). The van der Waals surface area contributed by atoms with E-state index in [4.69, 9.17) is 10.7 Å². The lowest BCUT2D eigenvalue weighted by Crippen LogP contribution is -1.98. The summed E-state index contributed by atoms with van der Waals surface area (Å²) in [5.41, 5.74) is 0.978. The van der Waals surface area contributed by atoms with E-state index >= 15 is 0 Å². The number of halogens is 1. The molecule has 0 saturated carbocycles. The van der Waals surface area contributed by atoms with Gasteiger partial charge in [0.05, 0.1) is 11.4 Å². The van der Waals surface area contributed by atoms with E-state index in [2.05, 4.69) is 10.2 Å². The number of hydrogen-bond donors (Lipinski definition) is 1. The fraction of sp³-hybridized carbons (Fsp3) is 0.571. The smallest absolute Gasteiger partial charge is 0.264 e. The molecule has 0 bridgehead atoms. The average molecular weight is 223 g/mol. The van der Waals surface area contributed by atoms with Crippen LogP contribution in [0.15, 0.2) is 4.90 Å². The van der Waals surface area contributed by atoms with Gasteiger partial charge >= 0.3 is 0 Å². The van der Waals surface area contributed by atoms with Gasteiger partial charge < -0.3 is 0 Å². The van der Waals surface area contributed by atoms with Crippen molar-refractivity contribution in [2.45, 2.75) is 31.6 Å². The topological polar surface area (TPSA) is 62.8 Å². The largest absolute Gasteiger partial charge is 0.281 e. The van der Waals surface area contributed by atoms with Crippen molar-refractivity contribution in [2.24, 2.45) is 0 Å². The number of nitrogens with zero attached hydrogens (tertiary/aromatic N) is 1. The molecule has 4 nitrogen and oxygen atoms in total. The van der Waals surface area contributed by atoms with Gasteiger partial charge in [-0.25, -0.2) is 8.42 Å². The first kappa shape index (κ1) is 10.5. The Morgan fingerprint density at radius 3 is 2.31 bits per heavy atom. The summed E-state index contributed by atoms with van der Waals surface area (Å²) in [7, 11) is 1.58. The SMILES string of the molecule is Cc1[nH]nc(C(C)C)c1S(=O)(=O)Cl. The third-order valence-corrected chi connectivity index (χ3v) is 3.17. The third kappa shape index (κ3) is 2.03. The Morgan fingerprint density at radius 1 is 1.46 bits per heavy atom. The molecule has 0 aliphatic carbocycles. The molecule has 0 fully saturated rings. The highest BCUT2D eigenvalue weighted by molar-refractivity contribution is 8.13. The Kier molecular flexibility index (Phi) is 2.68. The first-order chi connectivity index (χ1) is 5.84. The molecule has 0 saturated heterocycles. The maximum absolute atomic E-state index is 11.1. The summed E-state index contributed by atoms with van der Waals surface area (Å²) in [5, 5.41) is 6.50. The molecular weight excluding hydrogens is 212 g/mol. The molecule has 0 aliphatic rings. The van der Waals surface area contributed by atoms with E-state index < -0.39 is 9.05 Å². The summed E-state index contributed by atoms with van der Waals surface area (Å²) >= 11 is 0. The zero-order valence-corrected chi connectivity index (χ0v) is 9.20. The van der Waals surface area contributed by atoms with E-state index in [-0.39, 0.29) is 10.8 Å². The number of aromatic amines is 1. The number of H-pyrrole nitrogens is 1. The first-order valence-corrected chi connectivity index (χ1v) is 6.14. The molecule has 1 aromatic rings. The average Bonchev–Trinajstić information content (AvgIpc) is 2.28. The van der Waals surface area contributed by atoms with Crippen LogP contribution in [0.2, 0.25) is 0 Å². The van der Waals surface area contributed by atoms with Gasteiger partial charge in [0.1, 0.15) is 4.90 Å². The molecule has 1 aromatic heterocycles. The molecule has 6 heteroatoms. The maximum Gasteiger partial charge on any atom is 0.264 e. The third-order valence-electron chi connectivity index (χ3n) is 1.71. The fourth-order valence-corrected chi connectivity index (χ4v) is 2.66. The predicted octanol–water partition coefficient (Wildman–Crippen LogP) is 1.77. The van der Waals surface area contributed by atoms with Gasteiger partial charge in [-0.2, -0.15) is 5.10 Å². The molecule has 0 unspecified atom stereocenters. The molecule has 0 atom stereocenters. The van der Waals surface area contributed by atoms with E-state index in [0.717, 1.165) is 0 Å². The van der Waals surface area contributed by atoms with Crippen LogP contribution in [0.5, 0.6) is 0 Å². The van der Waals surface area contributed by atoms with Crippen LogP contribution in [-0.2, 0) is 9.05 Å². The Balaban J connectivity index is 3.42. The van der Waals surface area contributed by atoms with Crippen LogP contribution in [0, 0.1) is 6.92 Å². The van der Waals surface area contributed by atoms with Crippen LogP contribution >= 0.6 is 10.7 Å². The highest BCUT2D eigenvalue weighted by atomic mass is 35.7. The zero-order valence-electron chi connectivity index (χ0n) is 7.63. The summed E-state index contributed by atoms with van der Waals surface area (Å²) in [6.07, 6.45) is 0. The molecule has 0 aromatic carbocycles. The zero-order chi connectivity index (χ0) is 10.2. The Bertz CT molecular complexity index is 408. The molecule has 1 heterocycles. The maximum atomic E-state index is 11.1. The van der Waals surface area contributed by atoms with Gasteiger partial charge in [-0.15, -0.1) is 0 Å². The second-order valence-electron chi connectivity index (χ2n) is 3.16. The summed E-state index contributed by atoms with van der Waals surface area (Å²) < 4.78 is 22.3. The minimum absolute atomic E-state index is 0.0356. The highest BCUT2D eigenvalue weighted by Crippen LogP contribution is 2.26. The van der Waals surface area contributed by atoms with Crippen molar-refractivity contribution >= 4 is 19.7 Å². The molecule has 13 heavy (non-hydrogen) atoms. The van der Waals surface area contributed by atoms with E-state index in [1.54, 1.807) is 6.92 Å². The second kappa shape index (κ2) is 3.31. The molecular formula is C7H11ClN2O2S. The van der Waals surface area contributed by atoms with Crippen LogP contribution in [-0.4, -0.2) is 18.6 Å². The molecule has 1 N–H and O–H groups in total. The van der Waals surface area contributed by atoms with Crippen LogP contribution in [0.4, 0.5) is 0 Å². The number of aryl methyl sites for hydroxylation is 1. The summed E-state index contributed by atoms with van der Waals surface area (Å²) in [4.78, 5) is 0.115. The Hall–Kier alpha value is -0.550. The van der Waals surface area contributed by atoms with Crippen LogP contribution < -0.4 is 0 Å². The quantitative estimate of drug-likeness (QED) is 0.776. The van der Waals surface area contributed by atoms with E-state index in [9.17, 15) is 8.42 Å². The van der Waals surface area contributed by atoms with Crippen molar-refractivity contribution in [1.29, 1.82) is 0 Å². The second-order valence-corrected chi connectivity index (χ2v) is 5.66. The molecule has 74 valence electrons. The van der Waals surface area contributed by atoms with Gasteiger partial charge in [-0.3, -0.25) is 5.10 Å². The van der Waals surface area contributed by atoms with Crippen molar-refractivity contribution in [1.82, 2.24) is 10.2 Å².